The Morgan fingerprint density at radius 3 is 0.833 bits per heavy atom. The second kappa shape index (κ2) is 37.2. The quantitative estimate of drug-likeness (QED) is 0.315. The Kier molecular flexibility index (Phi) is 328. The van der Waals surface area contributed by atoms with Crippen LogP contribution in [0, 0.1) is 0 Å². The van der Waals surface area contributed by atoms with Gasteiger partial charge in [-0.15, -0.1) is 0 Å². The monoisotopic (exact) mass is 160 g/mol. The number of hydrogen-bond acceptors (Lipinski definition) is 0. The van der Waals surface area contributed by atoms with Gasteiger partial charge in [0.15, 0.2) is 0 Å². The second-order valence-corrected chi connectivity index (χ2v) is 0. The fraction of sp³-hybridized carbons (Fsp3) is 0. The van der Waals surface area contributed by atoms with Gasteiger partial charge in [-0.3, -0.25) is 0 Å². The molecular formula is H10CaKNaO3. The summed E-state index contributed by atoms with van der Waals surface area (Å²) in [5.41, 5.74) is 0. The summed E-state index contributed by atoms with van der Waals surface area (Å²) in [7, 11) is 0. The standard InChI is InChI=1S/Ca.K.Na.3H2O.4H/h;;;3*1H2;;;;/q+2;2*+1;;;;4*-1. The van der Waals surface area contributed by atoms with Crippen LogP contribution >= 0.6 is 0 Å². The minimum Gasteiger partial charge on any atom is -1.00 e. The van der Waals surface area contributed by atoms with Crippen molar-refractivity contribution >= 4 is 37.7 Å². The van der Waals surface area contributed by atoms with E-state index in [-0.39, 0.29) is 141 Å². The van der Waals surface area contributed by atoms with Gasteiger partial charge in [-0.25, -0.2) is 0 Å². The molecule has 6 N–H and O–H groups in total. The summed E-state index contributed by atoms with van der Waals surface area (Å²) in [6, 6.07) is 0. The first kappa shape index (κ1) is 52.8. The van der Waals surface area contributed by atoms with E-state index in [1.165, 1.54) is 0 Å². The van der Waals surface area contributed by atoms with Crippen LogP contribution in [0.25, 0.3) is 0 Å². The Bertz CT molecular complexity index is 20.5. The first-order valence-electron chi connectivity index (χ1n) is 0. The summed E-state index contributed by atoms with van der Waals surface area (Å²) < 4.78 is 0. The maximum atomic E-state index is 0. The van der Waals surface area contributed by atoms with Gasteiger partial charge in [0.25, 0.3) is 0 Å². The molecule has 0 rings (SSSR count). The zero-order chi connectivity index (χ0) is 0. The molecule has 0 fully saturated rings. The van der Waals surface area contributed by atoms with E-state index in [2.05, 4.69) is 0 Å². The molecular weight excluding hydrogens is 150 g/mol. The Hall–Kier alpha value is 3.78. The summed E-state index contributed by atoms with van der Waals surface area (Å²) in [4.78, 5) is 0. The molecule has 0 aliphatic carbocycles. The van der Waals surface area contributed by atoms with Crippen molar-refractivity contribution in [3.8, 4) is 0 Å². The molecule has 0 spiro atoms. The van der Waals surface area contributed by atoms with Gasteiger partial charge in [-0.05, 0) is 0 Å². The molecule has 0 saturated heterocycles. The van der Waals surface area contributed by atoms with Crippen molar-refractivity contribution in [1.29, 1.82) is 0 Å². The summed E-state index contributed by atoms with van der Waals surface area (Å²) in [6.07, 6.45) is 0. The van der Waals surface area contributed by atoms with Crippen molar-refractivity contribution in [1.82, 2.24) is 0 Å². The predicted molar refractivity (Wildman–Crippen MR) is 21.0 cm³/mol. The van der Waals surface area contributed by atoms with Crippen molar-refractivity contribution in [2.45, 2.75) is 0 Å². The van der Waals surface area contributed by atoms with Crippen LogP contribution in [-0.4, -0.2) is 54.2 Å². The molecule has 32 valence electrons. The average molecular weight is 160 g/mol. The van der Waals surface area contributed by atoms with Crippen LogP contribution < -0.4 is 80.9 Å². The maximum Gasteiger partial charge on any atom is 2.00 e. The third-order valence-electron chi connectivity index (χ3n) is 0. The zero-order valence-corrected chi connectivity index (χ0v) is 11.5. The number of rotatable bonds is 0. The summed E-state index contributed by atoms with van der Waals surface area (Å²) in [6.45, 7) is 0. The topological polar surface area (TPSA) is 94.5 Å². The molecule has 0 amide bonds. The smallest absolute Gasteiger partial charge is 1.00 e. The van der Waals surface area contributed by atoms with E-state index in [1.807, 2.05) is 0 Å². The van der Waals surface area contributed by atoms with E-state index in [1.54, 1.807) is 0 Å². The predicted octanol–water partition coefficient (Wildman–Crippen LogP) is -8.40. The molecule has 6 heavy (non-hydrogen) atoms. The Morgan fingerprint density at radius 2 is 0.833 bits per heavy atom. The van der Waals surface area contributed by atoms with Crippen LogP contribution in [0.5, 0.6) is 0 Å². The molecule has 0 aliphatic rings. The van der Waals surface area contributed by atoms with Gasteiger partial charge < -0.3 is 22.1 Å². The summed E-state index contributed by atoms with van der Waals surface area (Å²) in [5, 5.41) is 0. The molecule has 3 nitrogen and oxygen atoms in total. The molecule has 0 aromatic rings. The molecule has 0 radical (unpaired) electrons. The minimum atomic E-state index is 0. The van der Waals surface area contributed by atoms with E-state index in [9.17, 15) is 0 Å². The summed E-state index contributed by atoms with van der Waals surface area (Å²) >= 11 is 0. The van der Waals surface area contributed by atoms with Crippen LogP contribution in [0.2, 0.25) is 0 Å². The Labute approximate surface area is 137 Å². The SMILES string of the molecule is O.O.O.[Ca+2].[H-].[H-].[H-].[H-].[K+].[Na+]. The van der Waals surface area contributed by atoms with Crippen LogP contribution in [0.15, 0.2) is 0 Å². The van der Waals surface area contributed by atoms with Crippen molar-refractivity contribution in [2.24, 2.45) is 0 Å². The fourth-order valence-corrected chi connectivity index (χ4v) is 0. The van der Waals surface area contributed by atoms with Crippen LogP contribution in [0.4, 0.5) is 0 Å². The van der Waals surface area contributed by atoms with Gasteiger partial charge in [0.2, 0.25) is 0 Å². The molecule has 0 bridgehead atoms. The Balaban J connectivity index is 0. The molecule has 0 aliphatic heterocycles. The fourth-order valence-electron chi connectivity index (χ4n) is 0. The van der Waals surface area contributed by atoms with Gasteiger partial charge in [-0.2, -0.15) is 0 Å². The molecule has 0 saturated carbocycles. The third-order valence-corrected chi connectivity index (χ3v) is 0. The second-order valence-electron chi connectivity index (χ2n) is 0. The van der Waals surface area contributed by atoms with Gasteiger partial charge in [0, 0.05) is 0 Å². The van der Waals surface area contributed by atoms with Crippen molar-refractivity contribution in [3.05, 3.63) is 0 Å². The van der Waals surface area contributed by atoms with E-state index in [0.29, 0.717) is 0 Å². The third kappa shape index (κ3) is 25.0. The first-order chi connectivity index (χ1) is 0. The molecule has 0 aromatic carbocycles. The van der Waals surface area contributed by atoms with E-state index in [4.69, 9.17) is 0 Å². The number of hydrogen-bond donors (Lipinski definition) is 0. The zero-order valence-electron chi connectivity index (χ0n) is 8.21. The van der Waals surface area contributed by atoms with Crippen LogP contribution in [-0.2, 0) is 0 Å². The maximum absolute atomic E-state index is 0. The molecule has 0 aromatic heterocycles. The molecule has 0 unspecified atom stereocenters. The van der Waals surface area contributed by atoms with Gasteiger partial charge in [-0.1, -0.05) is 0 Å². The Morgan fingerprint density at radius 1 is 0.833 bits per heavy atom. The van der Waals surface area contributed by atoms with E-state index in [0.717, 1.165) is 0 Å². The van der Waals surface area contributed by atoms with Crippen molar-refractivity contribution < 1.29 is 103 Å². The van der Waals surface area contributed by atoms with Crippen LogP contribution in [0.1, 0.15) is 5.71 Å². The average Bonchev–Trinajstić information content (AvgIpc) is 0. The van der Waals surface area contributed by atoms with E-state index < -0.39 is 0 Å². The summed E-state index contributed by atoms with van der Waals surface area (Å²) in [5.74, 6) is 0. The van der Waals surface area contributed by atoms with Gasteiger partial charge in [0.05, 0.1) is 0 Å². The van der Waals surface area contributed by atoms with Crippen LogP contribution in [0.3, 0.4) is 0 Å². The molecule has 6 heteroatoms. The van der Waals surface area contributed by atoms with Crippen molar-refractivity contribution in [3.63, 3.8) is 0 Å². The van der Waals surface area contributed by atoms with Crippen molar-refractivity contribution in [2.75, 3.05) is 0 Å². The molecule has 0 atom stereocenters. The minimum absolute atomic E-state index is 0. The molecule has 0 heterocycles. The van der Waals surface area contributed by atoms with Gasteiger partial charge >= 0.3 is 119 Å². The largest absolute Gasteiger partial charge is 2.00 e. The van der Waals surface area contributed by atoms with E-state index >= 15 is 0 Å². The normalized spacial score (nSPS) is 0. The van der Waals surface area contributed by atoms with Gasteiger partial charge in [0.1, 0.15) is 0 Å². The first-order valence-corrected chi connectivity index (χ1v) is 0.